The molecule has 0 aliphatic carbocycles. The lowest BCUT2D eigenvalue weighted by atomic mass is 9.86. The lowest BCUT2D eigenvalue weighted by Gasteiger charge is -2.26. The van der Waals surface area contributed by atoms with Crippen LogP contribution in [0.3, 0.4) is 0 Å². The van der Waals surface area contributed by atoms with Gasteiger partial charge in [-0.2, -0.15) is 0 Å². The molecule has 1 atom stereocenters. The SMILES string of the molecule is CCCOCCC(N)C(C)(C)C. The average molecular weight is 173 g/mol. The Bertz CT molecular complexity index is 107. The summed E-state index contributed by atoms with van der Waals surface area (Å²) < 4.78 is 5.37. The van der Waals surface area contributed by atoms with E-state index in [0.717, 1.165) is 26.1 Å². The zero-order chi connectivity index (χ0) is 9.61. The maximum absolute atomic E-state index is 5.95. The van der Waals surface area contributed by atoms with Crippen molar-refractivity contribution in [2.24, 2.45) is 11.1 Å². The van der Waals surface area contributed by atoms with E-state index in [1.165, 1.54) is 0 Å². The van der Waals surface area contributed by atoms with E-state index >= 15 is 0 Å². The van der Waals surface area contributed by atoms with Crippen molar-refractivity contribution >= 4 is 0 Å². The lowest BCUT2D eigenvalue weighted by molar-refractivity contribution is 0.116. The fourth-order valence-corrected chi connectivity index (χ4v) is 0.890. The normalized spacial score (nSPS) is 14.8. The number of ether oxygens (including phenoxy) is 1. The smallest absolute Gasteiger partial charge is 0.0480 e. The van der Waals surface area contributed by atoms with Crippen LogP contribution in [0.2, 0.25) is 0 Å². The van der Waals surface area contributed by atoms with Gasteiger partial charge >= 0.3 is 0 Å². The summed E-state index contributed by atoms with van der Waals surface area (Å²) in [6.07, 6.45) is 2.05. The van der Waals surface area contributed by atoms with Crippen molar-refractivity contribution in [3.05, 3.63) is 0 Å². The average Bonchev–Trinajstić information content (AvgIpc) is 1.96. The molecule has 0 radical (unpaired) electrons. The highest BCUT2D eigenvalue weighted by Gasteiger charge is 2.19. The molecule has 0 aromatic carbocycles. The van der Waals surface area contributed by atoms with Gasteiger partial charge < -0.3 is 10.5 Å². The first-order chi connectivity index (χ1) is 5.48. The monoisotopic (exact) mass is 173 g/mol. The summed E-state index contributed by atoms with van der Waals surface area (Å²) in [6.45, 7) is 10.3. The van der Waals surface area contributed by atoms with Crippen molar-refractivity contribution in [1.82, 2.24) is 0 Å². The largest absolute Gasteiger partial charge is 0.381 e. The second-order valence-electron chi connectivity index (χ2n) is 4.37. The van der Waals surface area contributed by atoms with E-state index in [9.17, 15) is 0 Å². The zero-order valence-corrected chi connectivity index (χ0v) is 8.89. The van der Waals surface area contributed by atoms with Crippen LogP contribution in [0.1, 0.15) is 40.5 Å². The molecule has 1 unspecified atom stereocenters. The standard InChI is InChI=1S/C10H23NO/c1-5-7-12-8-6-9(11)10(2,3)4/h9H,5-8,11H2,1-4H3. The molecule has 12 heavy (non-hydrogen) atoms. The molecule has 0 fully saturated rings. The predicted octanol–water partition coefficient (Wildman–Crippen LogP) is 2.18. The van der Waals surface area contributed by atoms with Crippen molar-refractivity contribution in [3.63, 3.8) is 0 Å². The molecular formula is C10H23NO. The Balaban J connectivity index is 3.38. The molecule has 0 spiro atoms. The van der Waals surface area contributed by atoms with E-state index in [2.05, 4.69) is 27.7 Å². The minimum atomic E-state index is 0.204. The van der Waals surface area contributed by atoms with Gasteiger partial charge in [-0.1, -0.05) is 27.7 Å². The molecule has 0 heterocycles. The first-order valence-electron chi connectivity index (χ1n) is 4.81. The third kappa shape index (κ3) is 5.56. The summed E-state index contributed by atoms with van der Waals surface area (Å²) in [5.74, 6) is 0. The van der Waals surface area contributed by atoms with Crippen molar-refractivity contribution in [1.29, 1.82) is 0 Å². The summed E-state index contributed by atoms with van der Waals surface area (Å²) in [6, 6.07) is 0.245. The highest BCUT2D eigenvalue weighted by molar-refractivity contribution is 4.76. The molecule has 2 heteroatoms. The van der Waals surface area contributed by atoms with Crippen molar-refractivity contribution in [3.8, 4) is 0 Å². The Morgan fingerprint density at radius 1 is 1.25 bits per heavy atom. The number of nitrogens with two attached hydrogens (primary N) is 1. The lowest BCUT2D eigenvalue weighted by Crippen LogP contribution is -2.35. The minimum Gasteiger partial charge on any atom is -0.381 e. The van der Waals surface area contributed by atoms with Gasteiger partial charge in [-0.25, -0.2) is 0 Å². The fourth-order valence-electron chi connectivity index (χ4n) is 0.890. The quantitative estimate of drug-likeness (QED) is 0.647. The maximum atomic E-state index is 5.95. The second kappa shape index (κ2) is 5.55. The van der Waals surface area contributed by atoms with E-state index in [-0.39, 0.29) is 11.5 Å². The van der Waals surface area contributed by atoms with E-state index in [0.29, 0.717) is 0 Å². The van der Waals surface area contributed by atoms with Crippen LogP contribution < -0.4 is 5.73 Å². The van der Waals surface area contributed by atoms with Gasteiger partial charge in [0.1, 0.15) is 0 Å². The van der Waals surface area contributed by atoms with Crippen LogP contribution in [0.25, 0.3) is 0 Å². The molecular weight excluding hydrogens is 150 g/mol. The third-order valence-electron chi connectivity index (χ3n) is 2.03. The van der Waals surface area contributed by atoms with Crippen LogP contribution in [0.4, 0.5) is 0 Å². The Kier molecular flexibility index (Phi) is 5.51. The Hall–Kier alpha value is -0.0800. The number of hydrogen-bond acceptors (Lipinski definition) is 2. The molecule has 0 aromatic heterocycles. The third-order valence-corrected chi connectivity index (χ3v) is 2.03. The first kappa shape index (κ1) is 11.9. The molecule has 0 bridgehead atoms. The summed E-state index contributed by atoms with van der Waals surface area (Å²) >= 11 is 0. The van der Waals surface area contributed by atoms with Gasteiger partial charge in [0.05, 0.1) is 0 Å². The fraction of sp³-hybridized carbons (Fsp3) is 1.00. The van der Waals surface area contributed by atoms with Gasteiger partial charge in [0.2, 0.25) is 0 Å². The first-order valence-corrected chi connectivity index (χ1v) is 4.81. The van der Waals surface area contributed by atoms with Crippen LogP contribution in [0.15, 0.2) is 0 Å². The Morgan fingerprint density at radius 2 is 1.83 bits per heavy atom. The highest BCUT2D eigenvalue weighted by atomic mass is 16.5. The van der Waals surface area contributed by atoms with Gasteiger partial charge in [0.15, 0.2) is 0 Å². The summed E-state index contributed by atoms with van der Waals surface area (Å²) in [5.41, 5.74) is 6.16. The molecule has 0 saturated carbocycles. The maximum Gasteiger partial charge on any atom is 0.0480 e. The molecule has 74 valence electrons. The molecule has 0 aliphatic rings. The number of hydrogen-bond donors (Lipinski definition) is 1. The highest BCUT2D eigenvalue weighted by Crippen LogP contribution is 2.19. The summed E-state index contributed by atoms with van der Waals surface area (Å²) in [4.78, 5) is 0. The number of rotatable bonds is 5. The molecule has 2 N–H and O–H groups in total. The van der Waals surface area contributed by atoms with Crippen LogP contribution in [-0.4, -0.2) is 19.3 Å². The molecule has 0 rings (SSSR count). The second-order valence-corrected chi connectivity index (χ2v) is 4.37. The van der Waals surface area contributed by atoms with Gasteiger partial charge in [0.25, 0.3) is 0 Å². The van der Waals surface area contributed by atoms with E-state index in [1.54, 1.807) is 0 Å². The molecule has 0 aromatic rings. The van der Waals surface area contributed by atoms with Crippen LogP contribution in [-0.2, 0) is 4.74 Å². The van der Waals surface area contributed by atoms with E-state index in [1.807, 2.05) is 0 Å². The molecule has 0 aliphatic heterocycles. The van der Waals surface area contributed by atoms with Crippen molar-refractivity contribution in [2.75, 3.05) is 13.2 Å². The van der Waals surface area contributed by atoms with Gasteiger partial charge in [0, 0.05) is 19.3 Å². The zero-order valence-electron chi connectivity index (χ0n) is 8.89. The van der Waals surface area contributed by atoms with E-state index < -0.39 is 0 Å². The molecule has 0 saturated heterocycles. The molecule has 0 amide bonds. The van der Waals surface area contributed by atoms with Crippen LogP contribution in [0, 0.1) is 5.41 Å². The van der Waals surface area contributed by atoms with Crippen LogP contribution >= 0.6 is 0 Å². The molecule has 2 nitrogen and oxygen atoms in total. The predicted molar refractivity (Wildman–Crippen MR) is 53.2 cm³/mol. The van der Waals surface area contributed by atoms with Crippen LogP contribution in [0.5, 0.6) is 0 Å². The van der Waals surface area contributed by atoms with E-state index in [4.69, 9.17) is 10.5 Å². The topological polar surface area (TPSA) is 35.2 Å². The summed E-state index contributed by atoms with van der Waals surface area (Å²) in [5, 5.41) is 0. The van der Waals surface area contributed by atoms with Gasteiger partial charge in [-0.05, 0) is 18.3 Å². The van der Waals surface area contributed by atoms with Crippen molar-refractivity contribution in [2.45, 2.75) is 46.6 Å². The van der Waals surface area contributed by atoms with Gasteiger partial charge in [-0.15, -0.1) is 0 Å². The van der Waals surface area contributed by atoms with Gasteiger partial charge in [-0.3, -0.25) is 0 Å². The summed E-state index contributed by atoms with van der Waals surface area (Å²) in [7, 11) is 0. The Labute approximate surface area is 76.5 Å². The Morgan fingerprint density at radius 3 is 2.25 bits per heavy atom. The minimum absolute atomic E-state index is 0.204. The van der Waals surface area contributed by atoms with Crippen molar-refractivity contribution < 1.29 is 4.74 Å².